The Bertz CT molecular complexity index is 842. The highest BCUT2D eigenvalue weighted by Crippen LogP contribution is 2.38. The Balaban J connectivity index is 1.59. The van der Waals surface area contributed by atoms with Crippen molar-refractivity contribution in [2.24, 2.45) is 5.92 Å². The molecule has 4 heteroatoms. The van der Waals surface area contributed by atoms with E-state index in [0.717, 1.165) is 37.2 Å². The molecule has 1 fully saturated rings. The first kappa shape index (κ1) is 21.0. The van der Waals surface area contributed by atoms with E-state index in [1.807, 2.05) is 18.2 Å². The molecule has 0 amide bonds. The van der Waals surface area contributed by atoms with Crippen molar-refractivity contribution in [1.82, 2.24) is 0 Å². The molecule has 3 rings (SSSR count). The van der Waals surface area contributed by atoms with Crippen molar-refractivity contribution >= 4 is 0 Å². The number of allylic oxidation sites excluding steroid dienone is 2. The van der Waals surface area contributed by atoms with E-state index in [4.69, 9.17) is 10.00 Å². The summed E-state index contributed by atoms with van der Waals surface area (Å²) in [5, 5.41) is 8.79. The first-order valence-corrected chi connectivity index (χ1v) is 10.3. The van der Waals surface area contributed by atoms with Gasteiger partial charge in [-0.15, -0.1) is 0 Å². The zero-order valence-corrected chi connectivity index (χ0v) is 16.8. The second kappa shape index (κ2) is 9.69. The molecule has 0 heterocycles. The number of alkyl halides is 2. The molecule has 0 N–H and O–H groups in total. The van der Waals surface area contributed by atoms with Crippen LogP contribution in [0.15, 0.2) is 60.7 Å². The summed E-state index contributed by atoms with van der Waals surface area (Å²) in [6, 6.07) is 14.2. The van der Waals surface area contributed by atoms with Crippen LogP contribution in [0.3, 0.4) is 0 Å². The van der Waals surface area contributed by atoms with Gasteiger partial charge in [0.2, 0.25) is 0 Å². The molecule has 1 aliphatic carbocycles. The predicted molar refractivity (Wildman–Crippen MR) is 111 cm³/mol. The summed E-state index contributed by atoms with van der Waals surface area (Å²) in [6.45, 7) is 2.15. The third-order valence-corrected chi connectivity index (χ3v) is 5.67. The standard InChI is InChI=1S/C25H27F2NO/c1-2-3-4-5-19-6-10-21(11-7-19)22-12-14-23(15-13-22)25(26,27)29-24-16-8-20(18-28)9-17-24/h3-4,8-9,12-17,19,21H,2,5-7,10-11H2,1H3/b4-3-. The number of benzene rings is 2. The molecule has 0 radical (unpaired) electrons. The molecule has 0 atom stereocenters. The number of nitriles is 1. The zero-order valence-electron chi connectivity index (χ0n) is 16.8. The quantitative estimate of drug-likeness (QED) is 0.460. The van der Waals surface area contributed by atoms with Crippen molar-refractivity contribution in [2.45, 2.75) is 57.5 Å². The number of nitrogens with zero attached hydrogens (tertiary/aromatic N) is 1. The Morgan fingerprint density at radius 2 is 1.66 bits per heavy atom. The fraction of sp³-hybridized carbons (Fsp3) is 0.400. The molecule has 1 saturated carbocycles. The summed E-state index contributed by atoms with van der Waals surface area (Å²) < 4.78 is 33.9. The van der Waals surface area contributed by atoms with E-state index in [0.29, 0.717) is 11.5 Å². The van der Waals surface area contributed by atoms with Gasteiger partial charge in [0.05, 0.1) is 17.2 Å². The molecule has 0 unspecified atom stereocenters. The molecule has 0 bridgehead atoms. The molecule has 152 valence electrons. The number of hydrogen-bond donors (Lipinski definition) is 0. The van der Waals surface area contributed by atoms with Crippen LogP contribution in [0, 0.1) is 17.2 Å². The number of rotatable bonds is 7. The summed E-state index contributed by atoms with van der Waals surface area (Å²) >= 11 is 0. The average molecular weight is 395 g/mol. The molecular weight excluding hydrogens is 368 g/mol. The summed E-state index contributed by atoms with van der Waals surface area (Å²) in [5.74, 6) is 1.23. The van der Waals surface area contributed by atoms with E-state index in [1.54, 1.807) is 0 Å². The second-order valence-corrected chi connectivity index (χ2v) is 7.71. The third-order valence-electron chi connectivity index (χ3n) is 5.67. The van der Waals surface area contributed by atoms with Crippen molar-refractivity contribution in [3.8, 4) is 11.8 Å². The normalized spacial score (nSPS) is 19.8. The topological polar surface area (TPSA) is 33.0 Å². The van der Waals surface area contributed by atoms with Gasteiger partial charge in [-0.1, -0.05) is 31.2 Å². The predicted octanol–water partition coefficient (Wildman–Crippen LogP) is 7.32. The summed E-state index contributed by atoms with van der Waals surface area (Å²) in [4.78, 5) is 0. The van der Waals surface area contributed by atoms with Crippen molar-refractivity contribution < 1.29 is 13.5 Å². The van der Waals surface area contributed by atoms with Crippen molar-refractivity contribution in [3.05, 3.63) is 77.4 Å². The highest BCUT2D eigenvalue weighted by Gasteiger charge is 2.34. The highest BCUT2D eigenvalue weighted by molar-refractivity contribution is 5.35. The molecule has 0 spiro atoms. The largest absolute Gasteiger partial charge is 0.429 e. The Morgan fingerprint density at radius 3 is 2.24 bits per heavy atom. The molecule has 2 aromatic rings. The maximum atomic E-state index is 14.5. The summed E-state index contributed by atoms with van der Waals surface area (Å²) in [5.41, 5.74) is 1.37. The van der Waals surface area contributed by atoms with Crippen LogP contribution in [-0.4, -0.2) is 0 Å². The Kier molecular flexibility index (Phi) is 7.04. The Morgan fingerprint density at radius 1 is 1.00 bits per heavy atom. The number of hydrogen-bond acceptors (Lipinski definition) is 2. The fourth-order valence-electron chi connectivity index (χ4n) is 3.94. The van der Waals surface area contributed by atoms with Crippen molar-refractivity contribution in [3.63, 3.8) is 0 Å². The van der Waals surface area contributed by atoms with Gasteiger partial charge in [0.15, 0.2) is 0 Å². The van der Waals surface area contributed by atoms with Gasteiger partial charge in [-0.3, -0.25) is 0 Å². The van der Waals surface area contributed by atoms with Crippen LogP contribution in [0.5, 0.6) is 5.75 Å². The van der Waals surface area contributed by atoms with E-state index >= 15 is 0 Å². The van der Waals surface area contributed by atoms with E-state index in [1.165, 1.54) is 49.2 Å². The Hall–Kier alpha value is -2.67. The van der Waals surface area contributed by atoms with Gasteiger partial charge >= 0.3 is 6.11 Å². The lowest BCUT2D eigenvalue weighted by molar-refractivity contribution is -0.185. The van der Waals surface area contributed by atoms with E-state index in [-0.39, 0.29) is 11.3 Å². The SMILES string of the molecule is CC/C=C\CC1CCC(c2ccc(C(F)(F)Oc3ccc(C#N)cc3)cc2)CC1. The van der Waals surface area contributed by atoms with Crippen LogP contribution >= 0.6 is 0 Å². The molecule has 29 heavy (non-hydrogen) atoms. The second-order valence-electron chi connectivity index (χ2n) is 7.71. The van der Waals surface area contributed by atoms with Crippen molar-refractivity contribution in [2.75, 3.05) is 0 Å². The molecular formula is C25H27F2NO. The lowest BCUT2D eigenvalue weighted by Crippen LogP contribution is -2.22. The third kappa shape index (κ3) is 5.67. The van der Waals surface area contributed by atoms with Gasteiger partial charge in [0.25, 0.3) is 0 Å². The van der Waals surface area contributed by atoms with Crippen LogP contribution in [0.4, 0.5) is 8.78 Å². The summed E-state index contributed by atoms with van der Waals surface area (Å²) in [6.07, 6.45) is 7.94. The minimum atomic E-state index is -3.42. The van der Waals surface area contributed by atoms with Gasteiger partial charge < -0.3 is 4.74 Å². The summed E-state index contributed by atoms with van der Waals surface area (Å²) in [7, 11) is 0. The molecule has 0 saturated heterocycles. The number of halogens is 2. The molecule has 1 aliphatic rings. The fourth-order valence-corrected chi connectivity index (χ4v) is 3.94. The van der Waals surface area contributed by atoms with Crippen LogP contribution in [0.1, 0.15) is 68.1 Å². The monoisotopic (exact) mass is 395 g/mol. The van der Waals surface area contributed by atoms with E-state index < -0.39 is 6.11 Å². The first-order chi connectivity index (χ1) is 14.0. The minimum absolute atomic E-state index is 0.0357. The molecule has 2 aromatic carbocycles. The molecule has 0 aromatic heterocycles. The van der Waals surface area contributed by atoms with Crippen LogP contribution < -0.4 is 4.74 Å². The molecule has 0 aliphatic heterocycles. The Labute approximate surface area is 171 Å². The van der Waals surface area contributed by atoms with Gasteiger partial charge in [-0.2, -0.15) is 14.0 Å². The molecule has 2 nitrogen and oxygen atoms in total. The van der Waals surface area contributed by atoms with E-state index in [2.05, 4.69) is 19.1 Å². The van der Waals surface area contributed by atoms with Crippen LogP contribution in [0.25, 0.3) is 0 Å². The van der Waals surface area contributed by atoms with Gasteiger partial charge in [0, 0.05) is 0 Å². The maximum Gasteiger partial charge on any atom is 0.426 e. The van der Waals surface area contributed by atoms with Crippen LogP contribution in [-0.2, 0) is 6.11 Å². The van der Waals surface area contributed by atoms with E-state index in [9.17, 15) is 8.78 Å². The van der Waals surface area contributed by atoms with Crippen molar-refractivity contribution in [1.29, 1.82) is 5.26 Å². The lowest BCUT2D eigenvalue weighted by Gasteiger charge is -2.28. The first-order valence-electron chi connectivity index (χ1n) is 10.3. The van der Waals surface area contributed by atoms with Gasteiger partial charge in [-0.05, 0) is 92.3 Å². The smallest absolute Gasteiger partial charge is 0.426 e. The zero-order chi connectivity index (χ0) is 20.7. The number of ether oxygens (including phenoxy) is 1. The maximum absolute atomic E-state index is 14.5. The highest BCUT2D eigenvalue weighted by atomic mass is 19.3. The average Bonchev–Trinajstić information content (AvgIpc) is 2.75. The van der Waals surface area contributed by atoms with Crippen LogP contribution in [0.2, 0.25) is 0 Å². The lowest BCUT2D eigenvalue weighted by atomic mass is 9.77. The van der Waals surface area contributed by atoms with Gasteiger partial charge in [-0.25, -0.2) is 0 Å². The van der Waals surface area contributed by atoms with Gasteiger partial charge in [0.1, 0.15) is 5.75 Å². The minimum Gasteiger partial charge on any atom is -0.429 e.